The molecule has 0 amide bonds. The Labute approximate surface area is 222 Å². The molecular weight excluding hydrogens is 440 g/mol. The van der Waals surface area contributed by atoms with Crippen molar-refractivity contribution in [3.8, 4) is 22.4 Å². The van der Waals surface area contributed by atoms with E-state index in [0.29, 0.717) is 33.8 Å². The van der Waals surface area contributed by atoms with Gasteiger partial charge in [-0.05, 0) is 60.0 Å². The smallest absolute Gasteiger partial charge is 0.216 e. The first-order chi connectivity index (χ1) is 19.5. The first kappa shape index (κ1) is 17.5. The Bertz CT molecular complexity index is 1920. The predicted molar refractivity (Wildman–Crippen MR) is 149 cm³/mol. The fraction of sp³-hybridized carbons (Fsp3) is 0.273. The van der Waals surface area contributed by atoms with Crippen molar-refractivity contribution in [2.24, 2.45) is 12.5 Å². The SMILES string of the molecule is [2H]c1c(C([2H])([2H])C(C)(C)C)c(C([2H])([2H])[2H])c(C)[n+](C)c1-c1c(C)ccc2c1oc1cc([N+]#[C-])cc(-c3ccccc3)c12. The number of nitrogens with zero attached hydrogens (tertiary/aromatic N) is 2. The van der Waals surface area contributed by atoms with Crippen molar-refractivity contribution in [3.05, 3.63) is 94.4 Å². The van der Waals surface area contributed by atoms with Crippen LogP contribution in [-0.4, -0.2) is 0 Å². The molecule has 0 spiro atoms. The van der Waals surface area contributed by atoms with Gasteiger partial charge in [-0.15, -0.1) is 0 Å². The summed E-state index contributed by atoms with van der Waals surface area (Å²) >= 11 is 0. The molecule has 180 valence electrons. The minimum Gasteiger partial charge on any atom is -0.456 e. The van der Waals surface area contributed by atoms with E-state index in [4.69, 9.17) is 17.8 Å². The van der Waals surface area contributed by atoms with Gasteiger partial charge in [-0.25, -0.2) is 4.85 Å². The second kappa shape index (κ2) is 8.64. The van der Waals surface area contributed by atoms with E-state index in [0.717, 1.165) is 27.5 Å². The fourth-order valence-corrected chi connectivity index (χ4v) is 4.74. The highest BCUT2D eigenvalue weighted by atomic mass is 16.3. The summed E-state index contributed by atoms with van der Waals surface area (Å²) in [5.74, 6) is 0. The van der Waals surface area contributed by atoms with Crippen molar-refractivity contribution in [1.82, 2.24) is 0 Å². The zero-order valence-electron chi connectivity index (χ0n) is 27.5. The average Bonchev–Trinajstić information content (AvgIpc) is 3.28. The lowest BCUT2D eigenvalue weighted by atomic mass is 9.85. The number of furan rings is 1. The Morgan fingerprint density at radius 1 is 1.11 bits per heavy atom. The van der Waals surface area contributed by atoms with Crippen LogP contribution in [0.2, 0.25) is 0 Å². The third-order valence-corrected chi connectivity index (χ3v) is 6.58. The number of aryl methyl sites for hydroxylation is 1. The largest absolute Gasteiger partial charge is 0.456 e. The van der Waals surface area contributed by atoms with E-state index in [2.05, 4.69) is 4.85 Å². The average molecular weight is 480 g/mol. The highest BCUT2D eigenvalue weighted by Crippen LogP contribution is 2.43. The molecule has 0 aliphatic rings. The molecule has 0 radical (unpaired) electrons. The van der Waals surface area contributed by atoms with Crippen LogP contribution in [0.5, 0.6) is 0 Å². The van der Waals surface area contributed by atoms with Crippen LogP contribution in [0.3, 0.4) is 0 Å². The van der Waals surface area contributed by atoms with Crippen molar-refractivity contribution in [2.75, 3.05) is 0 Å². The number of rotatable bonds is 3. The summed E-state index contributed by atoms with van der Waals surface area (Å²) in [6, 6.07) is 17.1. The summed E-state index contributed by atoms with van der Waals surface area (Å²) in [6.45, 7) is 13.7. The van der Waals surface area contributed by atoms with Gasteiger partial charge in [0.15, 0.2) is 11.4 Å². The van der Waals surface area contributed by atoms with E-state index >= 15 is 0 Å². The van der Waals surface area contributed by atoms with Crippen molar-refractivity contribution < 1.29 is 17.2 Å². The lowest BCUT2D eigenvalue weighted by Gasteiger charge is -2.20. The molecule has 0 atom stereocenters. The maximum atomic E-state index is 9.43. The van der Waals surface area contributed by atoms with Gasteiger partial charge >= 0.3 is 0 Å². The normalized spacial score (nSPS) is 15.0. The molecule has 0 fully saturated rings. The lowest BCUT2D eigenvalue weighted by molar-refractivity contribution is -0.667. The molecule has 0 saturated heterocycles. The van der Waals surface area contributed by atoms with Crippen LogP contribution in [0, 0.1) is 32.7 Å². The molecule has 0 aliphatic heterocycles. The van der Waals surface area contributed by atoms with E-state index in [1.54, 1.807) is 45.4 Å². The first-order valence-electron chi connectivity index (χ1n) is 15.0. The number of pyridine rings is 1. The van der Waals surface area contributed by atoms with E-state index in [1.165, 1.54) is 0 Å². The predicted octanol–water partition coefficient (Wildman–Crippen LogP) is 8.81. The summed E-state index contributed by atoms with van der Waals surface area (Å²) < 4.78 is 60.8. The third-order valence-electron chi connectivity index (χ3n) is 6.58. The Balaban J connectivity index is 1.98. The summed E-state index contributed by atoms with van der Waals surface area (Å²) in [5, 5.41) is 1.62. The van der Waals surface area contributed by atoms with Crippen LogP contribution < -0.4 is 4.57 Å². The molecule has 5 aromatic rings. The molecule has 0 saturated carbocycles. The van der Waals surface area contributed by atoms with Gasteiger partial charge in [0.05, 0.1) is 13.5 Å². The van der Waals surface area contributed by atoms with E-state index in [1.807, 2.05) is 55.5 Å². The fourth-order valence-electron chi connectivity index (χ4n) is 4.74. The highest BCUT2D eigenvalue weighted by molar-refractivity contribution is 6.16. The molecular formula is C33H33N2O+. The molecule has 36 heavy (non-hydrogen) atoms. The molecule has 2 heterocycles. The highest BCUT2D eigenvalue weighted by Gasteiger charge is 2.26. The Morgan fingerprint density at radius 2 is 1.86 bits per heavy atom. The number of aromatic nitrogens is 1. The van der Waals surface area contributed by atoms with Crippen molar-refractivity contribution in [3.63, 3.8) is 0 Å². The Morgan fingerprint density at radius 3 is 2.53 bits per heavy atom. The van der Waals surface area contributed by atoms with Crippen LogP contribution in [0.4, 0.5) is 5.69 Å². The van der Waals surface area contributed by atoms with Crippen molar-refractivity contribution >= 4 is 27.6 Å². The van der Waals surface area contributed by atoms with Gasteiger partial charge in [0.25, 0.3) is 0 Å². The van der Waals surface area contributed by atoms with Crippen LogP contribution in [0.1, 0.15) is 51.4 Å². The zero-order valence-corrected chi connectivity index (χ0v) is 21.5. The maximum Gasteiger partial charge on any atom is 0.216 e. The quantitative estimate of drug-likeness (QED) is 0.187. The number of fused-ring (bicyclic) bond motifs is 3. The van der Waals surface area contributed by atoms with Gasteiger partial charge in [-0.2, -0.15) is 4.57 Å². The summed E-state index contributed by atoms with van der Waals surface area (Å²) in [6.07, 6.45) is -2.14. The molecule has 0 N–H and O–H groups in total. The number of benzene rings is 3. The summed E-state index contributed by atoms with van der Waals surface area (Å²) in [7, 11) is 1.71. The summed E-state index contributed by atoms with van der Waals surface area (Å²) in [4.78, 5) is 3.67. The van der Waals surface area contributed by atoms with Crippen molar-refractivity contribution in [1.29, 1.82) is 0 Å². The number of hydrogen-bond acceptors (Lipinski definition) is 1. The minimum absolute atomic E-state index is 0.131. The Hall–Kier alpha value is -3.90. The first-order valence-corrected chi connectivity index (χ1v) is 12.0. The summed E-state index contributed by atoms with van der Waals surface area (Å²) in [5.41, 5.74) is 4.09. The molecule has 0 aliphatic carbocycles. The molecule has 0 unspecified atom stereocenters. The topological polar surface area (TPSA) is 21.4 Å². The van der Waals surface area contributed by atoms with Crippen LogP contribution in [-0.2, 0) is 13.4 Å². The lowest BCUT2D eigenvalue weighted by Crippen LogP contribution is -2.36. The van der Waals surface area contributed by atoms with Crippen molar-refractivity contribution in [2.45, 2.75) is 47.8 Å². The monoisotopic (exact) mass is 479 g/mol. The van der Waals surface area contributed by atoms with Gasteiger partial charge in [0.1, 0.15) is 18.2 Å². The number of hydrogen-bond donors (Lipinski definition) is 0. The van der Waals surface area contributed by atoms with Gasteiger partial charge in [-0.1, -0.05) is 63.2 Å². The van der Waals surface area contributed by atoms with Gasteiger partial charge in [0.2, 0.25) is 5.69 Å². The second-order valence-corrected chi connectivity index (χ2v) is 10.3. The standard InChI is InChI=1S/C33H33N2O/c1-20-14-15-26-31-27(23-12-10-9-11-13-23)17-25(34-7)18-29(31)36-32(26)30(20)28-16-24(19-33(4,5)6)21(2)22(3)35(28)8/h9-18H,19H2,1-6,8H3/q+1/i2D3,16D,19D2. The Kier molecular flexibility index (Phi) is 4.21. The van der Waals surface area contributed by atoms with Crippen LogP contribution in [0.15, 0.2) is 65.1 Å². The zero-order chi connectivity index (χ0) is 30.9. The third kappa shape index (κ3) is 3.97. The van der Waals surface area contributed by atoms with Crippen LogP contribution >= 0.6 is 0 Å². The van der Waals surface area contributed by atoms with Gasteiger partial charge in [0, 0.05) is 36.2 Å². The molecule has 3 nitrogen and oxygen atoms in total. The minimum atomic E-state index is -2.63. The maximum absolute atomic E-state index is 9.43. The van der Waals surface area contributed by atoms with Gasteiger partial charge in [-0.3, -0.25) is 0 Å². The second-order valence-electron chi connectivity index (χ2n) is 10.3. The van der Waals surface area contributed by atoms with E-state index in [9.17, 15) is 1.37 Å². The van der Waals surface area contributed by atoms with Crippen LogP contribution in [0.25, 0.3) is 49.2 Å². The van der Waals surface area contributed by atoms with Gasteiger partial charge < -0.3 is 4.42 Å². The molecule has 3 aromatic carbocycles. The molecule has 5 rings (SSSR count). The van der Waals surface area contributed by atoms with E-state index < -0.39 is 18.6 Å². The molecule has 3 heteroatoms. The molecule has 0 bridgehead atoms. The molecule has 2 aromatic heterocycles. The van der Waals surface area contributed by atoms with E-state index in [-0.39, 0.29) is 17.2 Å².